The van der Waals surface area contributed by atoms with Gasteiger partial charge < -0.3 is 9.05 Å². The van der Waals surface area contributed by atoms with Crippen LogP contribution in [0.15, 0.2) is 30.3 Å². The van der Waals surface area contributed by atoms with Crippen molar-refractivity contribution in [3.05, 3.63) is 35.9 Å². The molecule has 2 atom stereocenters. The number of hydrogen-bond donors (Lipinski definition) is 1. The summed E-state index contributed by atoms with van der Waals surface area (Å²) in [6, 6.07) is 10.0. The Balaban J connectivity index is 2.08. The van der Waals surface area contributed by atoms with E-state index in [4.69, 9.17) is 9.05 Å². The monoisotopic (exact) mass is 255 g/mol. The lowest BCUT2D eigenvalue weighted by molar-refractivity contribution is 0.218. The smallest absolute Gasteiger partial charge is 0.308 e. The molecule has 0 amide bonds. The third-order valence-electron chi connectivity index (χ3n) is 2.67. The summed E-state index contributed by atoms with van der Waals surface area (Å²) in [6.07, 6.45) is 0. The van der Waals surface area contributed by atoms with Crippen LogP contribution in [0.4, 0.5) is 0 Å². The van der Waals surface area contributed by atoms with Crippen LogP contribution in [0.25, 0.3) is 0 Å². The van der Waals surface area contributed by atoms with Crippen LogP contribution in [-0.2, 0) is 13.6 Å². The summed E-state index contributed by atoms with van der Waals surface area (Å²) in [5.74, 6) is -0.204. The summed E-state index contributed by atoms with van der Waals surface area (Å²) < 4.78 is 23.1. The first kappa shape index (κ1) is 12.8. The molecule has 1 heterocycles. The van der Waals surface area contributed by atoms with Gasteiger partial charge in [-0.15, -0.1) is 0 Å². The second kappa shape index (κ2) is 5.32. The van der Waals surface area contributed by atoms with Crippen LogP contribution in [0.2, 0.25) is 0 Å². The highest BCUT2D eigenvalue weighted by molar-refractivity contribution is 7.55. The summed E-state index contributed by atoms with van der Waals surface area (Å²) in [7, 11) is -3.01. The van der Waals surface area contributed by atoms with Crippen LogP contribution in [0.1, 0.15) is 25.5 Å². The maximum atomic E-state index is 12.5. The van der Waals surface area contributed by atoms with Gasteiger partial charge in [-0.2, -0.15) is 0 Å². The van der Waals surface area contributed by atoms with E-state index in [9.17, 15) is 4.57 Å². The van der Waals surface area contributed by atoms with Gasteiger partial charge in [0.15, 0.2) is 0 Å². The van der Waals surface area contributed by atoms with Crippen LogP contribution in [0.3, 0.4) is 0 Å². The Morgan fingerprint density at radius 1 is 1.18 bits per heavy atom. The molecule has 0 bridgehead atoms. The number of hydrogen-bond acceptors (Lipinski definition) is 4. The van der Waals surface area contributed by atoms with E-state index in [0.29, 0.717) is 13.2 Å². The van der Waals surface area contributed by atoms with Crippen molar-refractivity contribution in [1.29, 1.82) is 0 Å². The molecular weight excluding hydrogens is 237 g/mol. The molecule has 0 aromatic heterocycles. The van der Waals surface area contributed by atoms with Gasteiger partial charge in [0, 0.05) is 0 Å². The number of nitrogens with one attached hydrogen (secondary N) is 1. The van der Waals surface area contributed by atoms with E-state index in [1.165, 1.54) is 0 Å². The zero-order chi connectivity index (χ0) is 12.3. The van der Waals surface area contributed by atoms with Gasteiger partial charge in [-0.05, 0) is 19.4 Å². The van der Waals surface area contributed by atoms with Crippen LogP contribution < -0.4 is 5.32 Å². The molecule has 4 nitrogen and oxygen atoms in total. The fourth-order valence-corrected chi connectivity index (χ4v) is 3.89. The van der Waals surface area contributed by atoms with E-state index in [1.54, 1.807) is 0 Å². The Labute approximate surface area is 102 Å². The average Bonchev–Trinajstić information content (AvgIpc) is 3.11. The second-order valence-electron chi connectivity index (χ2n) is 3.88. The summed E-state index contributed by atoms with van der Waals surface area (Å²) in [4.78, 5) is 0. The molecule has 2 rings (SSSR count). The summed E-state index contributed by atoms with van der Waals surface area (Å²) in [5.41, 5.74) is 1.12. The molecule has 1 aromatic carbocycles. The minimum absolute atomic E-state index is 0.0835. The van der Waals surface area contributed by atoms with Gasteiger partial charge >= 0.3 is 7.60 Å². The summed E-state index contributed by atoms with van der Waals surface area (Å²) in [5, 5.41) is 3.18. The maximum Gasteiger partial charge on any atom is 0.349 e. The molecule has 1 fully saturated rings. The maximum absolute atomic E-state index is 12.5. The van der Waals surface area contributed by atoms with Crippen molar-refractivity contribution >= 4 is 7.60 Å². The fourth-order valence-electron chi connectivity index (χ4n) is 1.90. The Kier molecular flexibility index (Phi) is 4.00. The largest absolute Gasteiger partial charge is 0.349 e. The third kappa shape index (κ3) is 2.78. The van der Waals surface area contributed by atoms with Crippen molar-refractivity contribution in [1.82, 2.24) is 5.32 Å². The van der Waals surface area contributed by atoms with Crippen molar-refractivity contribution in [3.8, 4) is 0 Å². The first-order valence-electron chi connectivity index (χ1n) is 5.91. The topological polar surface area (TPSA) is 57.5 Å². The van der Waals surface area contributed by atoms with Crippen LogP contribution >= 0.6 is 7.60 Å². The fraction of sp³-hybridized carbons (Fsp3) is 0.500. The van der Waals surface area contributed by atoms with Gasteiger partial charge in [-0.3, -0.25) is 9.88 Å². The molecule has 1 aromatic rings. The lowest BCUT2D eigenvalue weighted by atomic mass is 10.2. The Hall–Kier alpha value is -0.670. The lowest BCUT2D eigenvalue weighted by Crippen LogP contribution is -2.03. The van der Waals surface area contributed by atoms with Crippen LogP contribution in [0.5, 0.6) is 0 Å². The van der Waals surface area contributed by atoms with Crippen molar-refractivity contribution in [2.75, 3.05) is 13.2 Å². The number of rotatable bonds is 6. The van der Waals surface area contributed by atoms with Gasteiger partial charge in [-0.1, -0.05) is 30.3 Å². The van der Waals surface area contributed by atoms with E-state index >= 15 is 0 Å². The van der Waals surface area contributed by atoms with E-state index in [0.717, 1.165) is 5.56 Å². The van der Waals surface area contributed by atoms with Gasteiger partial charge in [-0.25, -0.2) is 0 Å². The Morgan fingerprint density at radius 2 is 1.76 bits per heavy atom. The summed E-state index contributed by atoms with van der Waals surface area (Å²) >= 11 is 0. The molecule has 0 saturated carbocycles. The van der Waals surface area contributed by atoms with Crippen molar-refractivity contribution in [2.45, 2.75) is 25.7 Å². The Morgan fingerprint density at radius 3 is 2.29 bits per heavy atom. The molecule has 1 aliphatic rings. The van der Waals surface area contributed by atoms with Crippen molar-refractivity contribution in [3.63, 3.8) is 0 Å². The van der Waals surface area contributed by atoms with Crippen LogP contribution in [-0.4, -0.2) is 19.0 Å². The first-order valence-corrected chi connectivity index (χ1v) is 7.52. The summed E-state index contributed by atoms with van der Waals surface area (Å²) in [6.45, 7) is 4.45. The molecule has 1 aliphatic heterocycles. The van der Waals surface area contributed by atoms with Crippen molar-refractivity contribution in [2.24, 2.45) is 0 Å². The zero-order valence-electron chi connectivity index (χ0n) is 10.1. The van der Waals surface area contributed by atoms with Gasteiger partial charge in [0.25, 0.3) is 0 Å². The molecule has 5 heteroatoms. The lowest BCUT2D eigenvalue weighted by Gasteiger charge is -2.15. The zero-order valence-corrected chi connectivity index (χ0v) is 11.0. The molecule has 1 saturated heterocycles. The minimum Gasteiger partial charge on any atom is -0.308 e. The molecule has 17 heavy (non-hydrogen) atoms. The van der Waals surface area contributed by atoms with Gasteiger partial charge in [0.2, 0.25) is 0 Å². The van der Waals surface area contributed by atoms with E-state index in [2.05, 4.69) is 5.32 Å². The normalized spacial score (nSPS) is 23.6. The standard InChI is InChI=1S/C12H18NO3P/c1-3-15-17(14,16-4-2)12-11(13-12)10-8-6-5-7-9-10/h5-9,11-13H,3-4H2,1-2H3/t11-,12+/m1/s1. The highest BCUT2D eigenvalue weighted by Crippen LogP contribution is 2.61. The average molecular weight is 255 g/mol. The quantitative estimate of drug-likeness (QED) is 0.627. The van der Waals surface area contributed by atoms with Gasteiger partial charge in [0.1, 0.15) is 5.78 Å². The highest BCUT2D eigenvalue weighted by atomic mass is 31.2. The number of benzene rings is 1. The highest BCUT2D eigenvalue weighted by Gasteiger charge is 2.53. The van der Waals surface area contributed by atoms with E-state index in [-0.39, 0.29) is 11.8 Å². The second-order valence-corrected chi connectivity index (χ2v) is 6.03. The van der Waals surface area contributed by atoms with Crippen LogP contribution in [0, 0.1) is 0 Å². The molecule has 94 valence electrons. The molecular formula is C12H18NO3P. The van der Waals surface area contributed by atoms with E-state index in [1.807, 2.05) is 44.2 Å². The first-order chi connectivity index (χ1) is 8.21. The van der Waals surface area contributed by atoms with Crippen molar-refractivity contribution < 1.29 is 13.6 Å². The molecule has 0 aliphatic carbocycles. The van der Waals surface area contributed by atoms with Gasteiger partial charge in [0.05, 0.1) is 19.3 Å². The minimum atomic E-state index is -3.01. The molecule has 1 N–H and O–H groups in total. The van der Waals surface area contributed by atoms with E-state index < -0.39 is 7.60 Å². The molecule has 0 spiro atoms. The molecule has 0 unspecified atom stereocenters. The predicted molar refractivity (Wildman–Crippen MR) is 67.0 cm³/mol. The molecule has 0 radical (unpaired) electrons. The Bertz CT molecular complexity index is 399. The SMILES string of the molecule is CCOP(=O)(OCC)[C@@H]1N[C@@H]1c1ccccc1. The third-order valence-corrected chi connectivity index (χ3v) is 5.04. The predicted octanol–water partition coefficient (Wildman–Crippen LogP) is 2.92.